The molecule has 0 N–H and O–H groups in total. The minimum absolute atomic E-state index is 2.59. The second kappa shape index (κ2) is 2.36. The molecule has 1 unspecified atom stereocenters. The zero-order valence-electron chi connectivity index (χ0n) is 5.29. The predicted molar refractivity (Wildman–Crippen MR) is 25.6 cm³/mol. The summed E-state index contributed by atoms with van der Waals surface area (Å²) in [7, 11) is -2.59. The van der Waals surface area contributed by atoms with Crippen molar-refractivity contribution in [2.24, 2.45) is 0 Å². The summed E-state index contributed by atoms with van der Waals surface area (Å²) in [4.78, 5) is 0. The first kappa shape index (κ1) is 9.80. The van der Waals surface area contributed by atoms with Gasteiger partial charge in [0.25, 0.3) is 0 Å². The van der Waals surface area contributed by atoms with E-state index >= 15 is 0 Å². The van der Waals surface area contributed by atoms with Crippen molar-refractivity contribution in [2.75, 3.05) is 0 Å². The van der Waals surface area contributed by atoms with Gasteiger partial charge in [-0.1, -0.05) is 0 Å². The van der Waals surface area contributed by atoms with E-state index in [9.17, 15) is 26.3 Å². The second-order valence-electron chi connectivity index (χ2n) is 2.02. The maximum atomic E-state index is 12.4. The van der Waals surface area contributed by atoms with E-state index in [0.29, 0.717) is 0 Å². The lowest BCUT2D eigenvalue weighted by atomic mass is 10.3. The Morgan fingerprint density at radius 1 is 1.00 bits per heavy atom. The number of alkyl halides is 6. The number of halogens is 6. The fourth-order valence-electron chi connectivity index (χ4n) is 0.608. The highest BCUT2D eigenvalue weighted by molar-refractivity contribution is 6.19. The molecule has 0 amide bonds. The number of rotatable bonds is 0. The Bertz CT molecular complexity index is 192. The highest BCUT2D eigenvalue weighted by Crippen LogP contribution is 2.49. The van der Waals surface area contributed by atoms with Gasteiger partial charge in [0.15, 0.2) is 0 Å². The van der Waals surface area contributed by atoms with Gasteiger partial charge < -0.3 is 8.85 Å². The molecule has 1 aliphatic rings. The van der Waals surface area contributed by atoms with E-state index in [1.165, 1.54) is 0 Å². The molecule has 1 aliphatic heterocycles. The van der Waals surface area contributed by atoms with E-state index in [4.69, 9.17) is 0 Å². The maximum Gasteiger partial charge on any atom is 0.456 e. The lowest BCUT2D eigenvalue weighted by molar-refractivity contribution is -0.392. The third-order valence-corrected chi connectivity index (χ3v) is 2.23. The Balaban J connectivity index is 2.98. The highest BCUT2D eigenvalue weighted by atomic mass is 28.3. The van der Waals surface area contributed by atoms with Gasteiger partial charge in [-0.25, -0.2) is 0 Å². The van der Waals surface area contributed by atoms with Gasteiger partial charge in [0, 0.05) is 0 Å². The predicted octanol–water partition coefficient (Wildman–Crippen LogP) is 0.853. The van der Waals surface area contributed by atoms with E-state index in [-0.39, 0.29) is 0 Å². The van der Waals surface area contributed by atoms with Gasteiger partial charge in [-0.3, -0.25) is 0 Å². The molecule has 12 heavy (non-hydrogen) atoms. The molecule has 0 aliphatic carbocycles. The average Bonchev–Trinajstić information content (AvgIpc) is 2.07. The standard InChI is InChI=1S/C3H2F6O2Si/c4-1(2(5,6)7)3(8,9)11-12-10-1/h12H2. The van der Waals surface area contributed by atoms with Crippen LogP contribution in [-0.4, -0.2) is 28.1 Å². The molecular weight excluding hydrogens is 210 g/mol. The van der Waals surface area contributed by atoms with Gasteiger partial charge in [-0.05, 0) is 0 Å². The summed E-state index contributed by atoms with van der Waals surface area (Å²) >= 11 is 0. The van der Waals surface area contributed by atoms with Gasteiger partial charge in [-0.2, -0.15) is 26.3 Å². The molecule has 72 valence electrons. The molecule has 1 heterocycles. The molecule has 0 spiro atoms. The first-order chi connectivity index (χ1) is 5.21. The molecule has 9 heteroatoms. The fourth-order valence-corrected chi connectivity index (χ4v) is 1.50. The molecule has 1 saturated heterocycles. The van der Waals surface area contributed by atoms with Crippen LogP contribution in [0.3, 0.4) is 0 Å². The summed E-state index contributed by atoms with van der Waals surface area (Å²) in [5.41, 5.74) is 0. The molecule has 0 aromatic rings. The highest BCUT2D eigenvalue weighted by Gasteiger charge is 2.77. The molecule has 2 nitrogen and oxygen atoms in total. The minimum Gasteiger partial charge on any atom is -0.353 e. The molecule has 0 aromatic heterocycles. The van der Waals surface area contributed by atoms with E-state index in [1.54, 1.807) is 0 Å². The maximum absolute atomic E-state index is 12.4. The van der Waals surface area contributed by atoms with Crippen molar-refractivity contribution in [2.45, 2.75) is 18.1 Å². The summed E-state index contributed by atoms with van der Waals surface area (Å²) in [6, 6.07) is 0. The van der Waals surface area contributed by atoms with Crippen LogP contribution >= 0.6 is 0 Å². The third-order valence-electron chi connectivity index (χ3n) is 1.24. The molecule has 1 fully saturated rings. The average molecular weight is 212 g/mol. The lowest BCUT2D eigenvalue weighted by Crippen LogP contribution is -2.53. The van der Waals surface area contributed by atoms with Crippen molar-refractivity contribution in [3.63, 3.8) is 0 Å². The first-order valence-electron chi connectivity index (χ1n) is 2.62. The Kier molecular flexibility index (Phi) is 1.93. The van der Waals surface area contributed by atoms with E-state index in [0.717, 1.165) is 0 Å². The van der Waals surface area contributed by atoms with Crippen LogP contribution in [0.5, 0.6) is 0 Å². The van der Waals surface area contributed by atoms with Crippen LogP contribution in [0, 0.1) is 0 Å². The summed E-state index contributed by atoms with van der Waals surface area (Å²) in [6.45, 7) is 0. The van der Waals surface area contributed by atoms with E-state index in [1.807, 2.05) is 0 Å². The summed E-state index contributed by atoms with van der Waals surface area (Å²) in [5, 5.41) is 0. The van der Waals surface area contributed by atoms with Crippen molar-refractivity contribution < 1.29 is 35.2 Å². The molecular formula is C3H2F6O2Si. The molecule has 0 aromatic carbocycles. The second-order valence-corrected chi connectivity index (χ2v) is 2.83. The molecule has 1 atom stereocenters. The van der Waals surface area contributed by atoms with Crippen LogP contribution in [0.4, 0.5) is 26.3 Å². The summed E-state index contributed by atoms with van der Waals surface area (Å²) < 4.78 is 77.9. The fraction of sp³-hybridized carbons (Fsp3) is 1.00. The van der Waals surface area contributed by atoms with Gasteiger partial charge in [0.2, 0.25) is 0 Å². The molecule has 1 rings (SSSR count). The van der Waals surface area contributed by atoms with Crippen molar-refractivity contribution in [1.82, 2.24) is 0 Å². The van der Waals surface area contributed by atoms with Crippen molar-refractivity contribution in [3.05, 3.63) is 0 Å². The number of hydrogen-bond donors (Lipinski definition) is 0. The topological polar surface area (TPSA) is 18.5 Å². The van der Waals surface area contributed by atoms with Crippen molar-refractivity contribution in [1.29, 1.82) is 0 Å². The van der Waals surface area contributed by atoms with Crippen LogP contribution in [0.1, 0.15) is 0 Å². The minimum atomic E-state index is -5.78. The summed E-state index contributed by atoms with van der Waals surface area (Å²) in [5.74, 6) is -4.97. The van der Waals surface area contributed by atoms with Crippen LogP contribution in [0.15, 0.2) is 0 Å². The van der Waals surface area contributed by atoms with E-state index < -0.39 is 28.1 Å². The van der Waals surface area contributed by atoms with Crippen LogP contribution in [0.2, 0.25) is 0 Å². The third kappa shape index (κ3) is 1.12. The van der Waals surface area contributed by atoms with Crippen LogP contribution in [0.25, 0.3) is 0 Å². The Hall–Kier alpha value is -0.283. The first-order valence-corrected chi connectivity index (χ1v) is 3.77. The van der Waals surface area contributed by atoms with E-state index in [2.05, 4.69) is 8.85 Å². The van der Waals surface area contributed by atoms with Gasteiger partial charge in [0.05, 0.1) is 0 Å². The largest absolute Gasteiger partial charge is 0.456 e. The van der Waals surface area contributed by atoms with Crippen molar-refractivity contribution in [3.8, 4) is 0 Å². The SMILES string of the molecule is FC(F)(F)C1(F)O[SiH2]OC1(F)F. The smallest absolute Gasteiger partial charge is 0.353 e. The normalized spacial score (nSPS) is 37.5. The lowest BCUT2D eigenvalue weighted by Gasteiger charge is -2.25. The summed E-state index contributed by atoms with van der Waals surface area (Å²) in [6.07, 6.45) is -10.7. The Morgan fingerprint density at radius 3 is 1.67 bits per heavy atom. The monoisotopic (exact) mass is 212 g/mol. The Morgan fingerprint density at radius 2 is 1.50 bits per heavy atom. The molecule has 0 radical (unpaired) electrons. The van der Waals surface area contributed by atoms with Crippen LogP contribution in [-0.2, 0) is 8.85 Å². The van der Waals surface area contributed by atoms with Crippen molar-refractivity contribution >= 4 is 10.0 Å². The zero-order valence-corrected chi connectivity index (χ0v) is 6.71. The van der Waals surface area contributed by atoms with Gasteiger partial charge >= 0.3 is 28.1 Å². The van der Waals surface area contributed by atoms with Gasteiger partial charge in [0.1, 0.15) is 0 Å². The van der Waals surface area contributed by atoms with Crippen LogP contribution < -0.4 is 0 Å². The Labute approximate surface area is 64.5 Å². The zero-order chi connectivity index (χ0) is 9.62. The molecule has 0 bridgehead atoms. The van der Waals surface area contributed by atoms with Gasteiger partial charge in [-0.15, -0.1) is 0 Å². The number of hydrogen-bond acceptors (Lipinski definition) is 2. The molecule has 0 saturated carbocycles. The quantitative estimate of drug-likeness (QED) is 0.438.